The van der Waals surface area contributed by atoms with E-state index < -0.39 is 12.2 Å². The zero-order valence-electron chi connectivity index (χ0n) is 35.5. The Labute approximate surface area is 333 Å². The highest BCUT2D eigenvalue weighted by Crippen LogP contribution is 2.17. The molecule has 0 aliphatic rings. The van der Waals surface area contributed by atoms with Crippen molar-refractivity contribution in [2.75, 3.05) is 13.2 Å². The number of unbranched alkanes of at least 4 members (excludes halogenated alkanes) is 21. The summed E-state index contributed by atoms with van der Waals surface area (Å²) >= 11 is 0. The Morgan fingerprint density at radius 1 is 0.537 bits per heavy atom. The minimum atomic E-state index is -1.00. The maximum Gasteiger partial charge on any atom is 0.305 e. The van der Waals surface area contributed by atoms with E-state index in [1.54, 1.807) is 6.08 Å². The first kappa shape index (κ1) is 51.8. The summed E-state index contributed by atoms with van der Waals surface area (Å²) in [5.74, 6) is 0.249. The van der Waals surface area contributed by atoms with E-state index in [1.807, 2.05) is 30.4 Å². The van der Waals surface area contributed by atoms with Gasteiger partial charge in [0.05, 0.1) is 6.10 Å². The first-order valence-corrected chi connectivity index (χ1v) is 22.7. The first-order valence-electron chi connectivity index (χ1n) is 22.7. The monoisotopic (exact) mass is 759 g/mol. The van der Waals surface area contributed by atoms with Gasteiger partial charge in [-0.15, -0.1) is 0 Å². The van der Waals surface area contributed by atoms with E-state index in [1.165, 1.54) is 128 Å². The van der Waals surface area contributed by atoms with E-state index >= 15 is 0 Å². The molecule has 6 nitrogen and oxygen atoms in total. The molecule has 0 rings (SSSR count). The van der Waals surface area contributed by atoms with E-state index in [9.17, 15) is 19.8 Å². The van der Waals surface area contributed by atoms with Crippen LogP contribution in [0.5, 0.6) is 0 Å². The summed E-state index contributed by atoms with van der Waals surface area (Å²) in [5, 5.41) is 20.0. The Morgan fingerprint density at radius 2 is 1.02 bits per heavy atom. The fourth-order valence-corrected chi connectivity index (χ4v) is 6.32. The summed E-state index contributed by atoms with van der Waals surface area (Å²) in [7, 11) is 0. The van der Waals surface area contributed by atoms with Crippen LogP contribution in [0.1, 0.15) is 213 Å². The van der Waals surface area contributed by atoms with Crippen LogP contribution < -0.4 is 0 Å². The average Bonchev–Trinajstić information content (AvgIpc) is 3.17. The number of esters is 2. The van der Waals surface area contributed by atoms with Gasteiger partial charge in [0.1, 0.15) is 19.3 Å². The standard InChI is InChI=1S/C48H86O6/c1-4-6-7-8-28-33-38-45(49)39-34-29-24-21-22-26-31-36-41-48(52)54-43-46(50)42-53-47(51)40-35-30-25-20-18-16-14-12-10-9-11-13-15-17-19-23-27-32-37-44(3)5-2/h22,24,26,28-29,33-34,39,44-46,49-50H,4-21,23,25,27,30-32,35-38,40-43H2,1-3H3/b26-22-,29-24-,33-28-,39-34+/t44?,45-,46-/m1/s1. The summed E-state index contributed by atoms with van der Waals surface area (Å²) in [6.07, 6.45) is 49.2. The van der Waals surface area contributed by atoms with Crippen LogP contribution in [0.4, 0.5) is 0 Å². The molecule has 0 radical (unpaired) electrons. The molecular formula is C48H86O6. The van der Waals surface area contributed by atoms with E-state index in [2.05, 4.69) is 32.9 Å². The Balaban J connectivity index is 3.52. The number of allylic oxidation sites excluding steroid dienone is 6. The minimum absolute atomic E-state index is 0.147. The molecule has 0 saturated heterocycles. The highest BCUT2D eigenvalue weighted by molar-refractivity contribution is 5.69. The smallest absolute Gasteiger partial charge is 0.305 e. The summed E-state index contributed by atoms with van der Waals surface area (Å²) in [5.41, 5.74) is 0. The third kappa shape index (κ3) is 41.0. The summed E-state index contributed by atoms with van der Waals surface area (Å²) in [6, 6.07) is 0. The molecule has 0 aromatic carbocycles. The molecule has 1 unspecified atom stereocenters. The number of rotatable bonds is 40. The molecule has 0 aromatic heterocycles. The van der Waals surface area contributed by atoms with Crippen molar-refractivity contribution in [2.45, 2.75) is 226 Å². The minimum Gasteiger partial charge on any atom is -0.463 e. The van der Waals surface area contributed by atoms with Gasteiger partial charge in [0, 0.05) is 12.8 Å². The van der Waals surface area contributed by atoms with Gasteiger partial charge in [-0.2, -0.15) is 0 Å². The third-order valence-corrected chi connectivity index (χ3v) is 10.2. The van der Waals surface area contributed by atoms with Gasteiger partial charge < -0.3 is 19.7 Å². The zero-order valence-corrected chi connectivity index (χ0v) is 35.5. The van der Waals surface area contributed by atoms with Crippen molar-refractivity contribution in [1.82, 2.24) is 0 Å². The predicted molar refractivity (Wildman–Crippen MR) is 230 cm³/mol. The second-order valence-electron chi connectivity index (χ2n) is 15.6. The van der Waals surface area contributed by atoms with Crippen molar-refractivity contribution >= 4 is 11.9 Å². The van der Waals surface area contributed by atoms with Crippen LogP contribution in [0.3, 0.4) is 0 Å². The molecule has 0 aliphatic carbocycles. The Kier molecular flexibility index (Phi) is 40.3. The lowest BCUT2D eigenvalue weighted by Crippen LogP contribution is -2.25. The molecule has 0 aromatic rings. The van der Waals surface area contributed by atoms with Gasteiger partial charge in [0.2, 0.25) is 0 Å². The summed E-state index contributed by atoms with van der Waals surface area (Å²) in [4.78, 5) is 24.0. The van der Waals surface area contributed by atoms with Gasteiger partial charge in [0.25, 0.3) is 0 Å². The molecule has 0 fully saturated rings. The van der Waals surface area contributed by atoms with Crippen molar-refractivity contribution in [3.05, 3.63) is 48.6 Å². The van der Waals surface area contributed by atoms with Gasteiger partial charge in [-0.1, -0.05) is 204 Å². The largest absolute Gasteiger partial charge is 0.463 e. The van der Waals surface area contributed by atoms with E-state index in [0.29, 0.717) is 19.3 Å². The van der Waals surface area contributed by atoms with Crippen molar-refractivity contribution in [3.63, 3.8) is 0 Å². The Bertz CT molecular complexity index is 937. The summed E-state index contributed by atoms with van der Waals surface area (Å²) < 4.78 is 10.3. The fraction of sp³-hybridized carbons (Fsp3) is 0.792. The van der Waals surface area contributed by atoms with Gasteiger partial charge >= 0.3 is 11.9 Å². The molecule has 2 N–H and O–H groups in total. The average molecular weight is 759 g/mol. The van der Waals surface area contributed by atoms with Gasteiger partial charge in [-0.05, 0) is 50.9 Å². The second-order valence-corrected chi connectivity index (χ2v) is 15.6. The van der Waals surface area contributed by atoms with Gasteiger partial charge in [-0.3, -0.25) is 9.59 Å². The molecular weight excluding hydrogens is 673 g/mol. The predicted octanol–water partition coefficient (Wildman–Crippen LogP) is 13.4. The molecule has 0 bridgehead atoms. The van der Waals surface area contributed by atoms with Gasteiger partial charge in [-0.25, -0.2) is 0 Å². The first-order chi connectivity index (χ1) is 26.4. The van der Waals surface area contributed by atoms with Crippen LogP contribution in [0, 0.1) is 5.92 Å². The van der Waals surface area contributed by atoms with Crippen LogP contribution in [-0.2, 0) is 19.1 Å². The molecule has 0 spiro atoms. The van der Waals surface area contributed by atoms with E-state index in [4.69, 9.17) is 9.47 Å². The van der Waals surface area contributed by atoms with Crippen LogP contribution >= 0.6 is 0 Å². The number of carbonyl (C=O) groups is 2. The molecule has 314 valence electrons. The van der Waals surface area contributed by atoms with Crippen LogP contribution in [-0.4, -0.2) is 47.6 Å². The molecule has 3 atom stereocenters. The van der Waals surface area contributed by atoms with Gasteiger partial charge in [0.15, 0.2) is 0 Å². The molecule has 6 heteroatoms. The SMILES string of the molecule is CCCCC/C=C\C[C@@H](O)/C=C/C=C\C/C=C\CCCC(=O)OC[C@H](O)COC(=O)CCCCCCCCCCCCCCCCCCCCC(C)CC. The van der Waals surface area contributed by atoms with Crippen LogP contribution in [0.15, 0.2) is 48.6 Å². The Morgan fingerprint density at radius 3 is 1.56 bits per heavy atom. The Hall–Kier alpha value is -2.18. The zero-order chi connectivity index (χ0) is 39.6. The van der Waals surface area contributed by atoms with Crippen LogP contribution in [0.25, 0.3) is 0 Å². The highest BCUT2D eigenvalue weighted by atomic mass is 16.6. The lowest BCUT2D eigenvalue weighted by molar-refractivity contribution is -0.152. The molecule has 0 aliphatic heterocycles. The molecule has 0 heterocycles. The number of aliphatic hydroxyl groups is 2. The summed E-state index contributed by atoms with van der Waals surface area (Å²) in [6.45, 7) is 6.57. The quantitative estimate of drug-likeness (QED) is 0.0280. The number of ether oxygens (including phenoxy) is 2. The number of aliphatic hydroxyl groups excluding tert-OH is 2. The highest BCUT2D eigenvalue weighted by Gasteiger charge is 2.12. The maximum absolute atomic E-state index is 12.0. The van der Waals surface area contributed by atoms with Crippen molar-refractivity contribution in [3.8, 4) is 0 Å². The van der Waals surface area contributed by atoms with Crippen molar-refractivity contribution in [2.24, 2.45) is 5.92 Å². The number of hydrogen-bond donors (Lipinski definition) is 2. The third-order valence-electron chi connectivity index (χ3n) is 10.2. The molecule has 0 amide bonds. The lowest BCUT2D eigenvalue weighted by atomic mass is 9.99. The lowest BCUT2D eigenvalue weighted by Gasteiger charge is -2.12. The number of hydrogen-bond acceptors (Lipinski definition) is 6. The fourth-order valence-electron chi connectivity index (χ4n) is 6.32. The van der Waals surface area contributed by atoms with Crippen molar-refractivity contribution < 1.29 is 29.3 Å². The second kappa shape index (κ2) is 42.0. The molecule has 0 saturated carbocycles. The van der Waals surface area contributed by atoms with E-state index in [-0.39, 0.29) is 31.6 Å². The maximum atomic E-state index is 12.0. The molecule has 54 heavy (non-hydrogen) atoms. The van der Waals surface area contributed by atoms with Crippen molar-refractivity contribution in [1.29, 1.82) is 0 Å². The number of carbonyl (C=O) groups excluding carboxylic acids is 2. The normalized spacial score (nSPS) is 13.8. The van der Waals surface area contributed by atoms with Crippen LogP contribution in [0.2, 0.25) is 0 Å². The topological polar surface area (TPSA) is 93.1 Å². The van der Waals surface area contributed by atoms with E-state index in [0.717, 1.165) is 44.4 Å².